The second-order valence-electron chi connectivity index (χ2n) is 5.99. The highest BCUT2D eigenvalue weighted by atomic mass is 32.1. The van der Waals surface area contributed by atoms with E-state index < -0.39 is 6.10 Å². The summed E-state index contributed by atoms with van der Waals surface area (Å²) in [5.74, 6) is 0.0397. The van der Waals surface area contributed by atoms with E-state index in [-0.39, 0.29) is 23.8 Å². The van der Waals surface area contributed by atoms with Gasteiger partial charge in [-0.1, -0.05) is 6.92 Å². The number of β-lactam (4-membered cyclic amide) rings is 1. The minimum Gasteiger partial charge on any atom is -0.393 e. The zero-order valence-corrected chi connectivity index (χ0v) is 13.0. The molecular formula is C15H17N3O2S. The van der Waals surface area contributed by atoms with E-state index in [1.807, 2.05) is 22.4 Å². The van der Waals surface area contributed by atoms with E-state index >= 15 is 0 Å². The maximum Gasteiger partial charge on any atom is 0.234 e. The van der Waals surface area contributed by atoms with Gasteiger partial charge in [0.1, 0.15) is 4.83 Å². The molecular weight excluding hydrogens is 286 g/mol. The maximum absolute atomic E-state index is 12.3. The number of aliphatic hydroxyl groups is 1. The first-order chi connectivity index (χ1) is 10.0. The Morgan fingerprint density at radius 2 is 2.24 bits per heavy atom. The van der Waals surface area contributed by atoms with E-state index in [1.54, 1.807) is 24.6 Å². The number of fused-ring (bicyclic) bond motifs is 2. The van der Waals surface area contributed by atoms with Crippen molar-refractivity contribution >= 4 is 27.6 Å². The molecule has 1 saturated heterocycles. The third-order valence-electron chi connectivity index (χ3n) is 4.79. The van der Waals surface area contributed by atoms with Crippen LogP contribution in [0.1, 0.15) is 25.6 Å². The number of carbonyl (C=O) groups excluding carboxylic acids is 1. The topological polar surface area (TPSA) is 57.8 Å². The quantitative estimate of drug-likeness (QED) is 0.863. The number of hydrogen-bond donors (Lipinski definition) is 1. The molecule has 2 aliphatic heterocycles. The third-order valence-corrected chi connectivity index (χ3v) is 5.86. The lowest BCUT2D eigenvalue weighted by Gasteiger charge is -2.46. The summed E-state index contributed by atoms with van der Waals surface area (Å²) in [6.45, 7) is 5.87. The van der Waals surface area contributed by atoms with Crippen LogP contribution >= 0.6 is 11.3 Å². The molecule has 6 heteroatoms. The standard InChI is InChI=1S/C15H17N3O2S/c1-7-12(10-5-17-6-16-4-11(17)21-10)8(2)18-14(7)13(9(3)19)15(18)20/h4-7,9,13-14,19H,1-3H3/t7-,9+,13+,14+/m0/s1. The van der Waals surface area contributed by atoms with Gasteiger partial charge in [-0.2, -0.15) is 0 Å². The molecule has 4 atom stereocenters. The molecule has 0 aliphatic carbocycles. The maximum atomic E-state index is 12.3. The third kappa shape index (κ3) is 1.54. The Bertz CT molecular complexity index is 744. The molecule has 4 heterocycles. The molecule has 0 spiro atoms. The average Bonchev–Trinajstić information content (AvgIpc) is 3.00. The summed E-state index contributed by atoms with van der Waals surface area (Å²) in [7, 11) is 0. The summed E-state index contributed by atoms with van der Waals surface area (Å²) in [4.78, 5) is 20.5. The lowest BCUT2D eigenvalue weighted by atomic mass is 9.77. The van der Waals surface area contributed by atoms with Gasteiger partial charge >= 0.3 is 0 Å². The fourth-order valence-corrected chi connectivity index (χ4v) is 4.99. The minimum atomic E-state index is -0.587. The average molecular weight is 303 g/mol. The lowest BCUT2D eigenvalue weighted by Crippen LogP contribution is -2.62. The molecule has 2 aliphatic rings. The Morgan fingerprint density at radius 3 is 2.90 bits per heavy atom. The number of allylic oxidation sites excluding steroid dienone is 1. The highest BCUT2D eigenvalue weighted by Gasteiger charge is 2.57. The van der Waals surface area contributed by atoms with Crippen molar-refractivity contribution < 1.29 is 9.90 Å². The summed E-state index contributed by atoms with van der Waals surface area (Å²) in [6, 6.07) is 0.104. The highest BCUT2D eigenvalue weighted by molar-refractivity contribution is 7.18. The Morgan fingerprint density at radius 1 is 1.48 bits per heavy atom. The molecule has 5 nitrogen and oxygen atoms in total. The normalized spacial score (nSPS) is 30.0. The molecule has 2 aromatic rings. The van der Waals surface area contributed by atoms with Crippen LogP contribution < -0.4 is 0 Å². The van der Waals surface area contributed by atoms with Crippen molar-refractivity contribution in [2.45, 2.75) is 32.9 Å². The molecule has 0 saturated carbocycles. The molecule has 1 fully saturated rings. The number of nitrogens with zero attached hydrogens (tertiary/aromatic N) is 3. The van der Waals surface area contributed by atoms with Crippen LogP contribution in [-0.2, 0) is 4.79 Å². The smallest absolute Gasteiger partial charge is 0.234 e. The van der Waals surface area contributed by atoms with Gasteiger partial charge in [-0.05, 0) is 19.4 Å². The molecule has 0 bridgehead atoms. The van der Waals surface area contributed by atoms with Crippen LogP contribution in [0.25, 0.3) is 10.4 Å². The van der Waals surface area contributed by atoms with E-state index in [1.165, 1.54) is 10.5 Å². The van der Waals surface area contributed by atoms with Crippen LogP contribution in [0.4, 0.5) is 0 Å². The van der Waals surface area contributed by atoms with Gasteiger partial charge < -0.3 is 10.0 Å². The van der Waals surface area contributed by atoms with Crippen molar-refractivity contribution in [3.8, 4) is 0 Å². The van der Waals surface area contributed by atoms with Crippen LogP contribution in [0, 0.1) is 11.8 Å². The molecule has 4 rings (SSSR count). The van der Waals surface area contributed by atoms with E-state index in [9.17, 15) is 9.90 Å². The first-order valence-corrected chi connectivity index (χ1v) is 7.96. The number of hydrogen-bond acceptors (Lipinski definition) is 4. The zero-order valence-electron chi connectivity index (χ0n) is 12.1. The monoisotopic (exact) mass is 303 g/mol. The van der Waals surface area contributed by atoms with Gasteiger partial charge in [0.2, 0.25) is 5.91 Å². The van der Waals surface area contributed by atoms with Gasteiger partial charge in [0, 0.05) is 17.8 Å². The van der Waals surface area contributed by atoms with Crippen molar-refractivity contribution in [1.29, 1.82) is 0 Å². The summed E-state index contributed by atoms with van der Waals surface area (Å²) < 4.78 is 2.01. The van der Waals surface area contributed by atoms with Gasteiger partial charge in [0.25, 0.3) is 0 Å². The van der Waals surface area contributed by atoms with E-state index in [0.717, 1.165) is 10.5 Å². The highest BCUT2D eigenvalue weighted by Crippen LogP contribution is 2.51. The Labute approximate surface area is 126 Å². The first kappa shape index (κ1) is 13.0. The Balaban J connectivity index is 1.77. The molecule has 21 heavy (non-hydrogen) atoms. The molecule has 110 valence electrons. The fraction of sp³-hybridized carbons (Fsp3) is 0.467. The largest absolute Gasteiger partial charge is 0.393 e. The molecule has 0 unspecified atom stereocenters. The van der Waals surface area contributed by atoms with Crippen LogP contribution in [-0.4, -0.2) is 37.4 Å². The van der Waals surface area contributed by atoms with Gasteiger partial charge in [-0.25, -0.2) is 4.98 Å². The molecule has 2 aromatic heterocycles. The van der Waals surface area contributed by atoms with Crippen LogP contribution in [0.2, 0.25) is 0 Å². The summed E-state index contributed by atoms with van der Waals surface area (Å²) in [5, 5.41) is 9.86. The van der Waals surface area contributed by atoms with Gasteiger partial charge in [-0.15, -0.1) is 11.3 Å². The number of carbonyl (C=O) groups is 1. The summed E-state index contributed by atoms with van der Waals surface area (Å²) in [5.41, 5.74) is 2.26. The number of amides is 1. The van der Waals surface area contributed by atoms with Crippen molar-refractivity contribution in [1.82, 2.24) is 14.3 Å². The van der Waals surface area contributed by atoms with Crippen molar-refractivity contribution in [3.05, 3.63) is 29.3 Å². The fourth-order valence-electron chi connectivity index (χ4n) is 3.84. The van der Waals surface area contributed by atoms with E-state index in [2.05, 4.69) is 18.1 Å². The Hall–Kier alpha value is -1.66. The first-order valence-electron chi connectivity index (χ1n) is 7.14. The lowest BCUT2D eigenvalue weighted by molar-refractivity contribution is -0.159. The van der Waals surface area contributed by atoms with Crippen molar-refractivity contribution in [2.75, 3.05) is 0 Å². The van der Waals surface area contributed by atoms with Crippen LogP contribution in [0.15, 0.2) is 24.4 Å². The van der Waals surface area contributed by atoms with E-state index in [4.69, 9.17) is 0 Å². The second-order valence-corrected chi connectivity index (χ2v) is 7.05. The van der Waals surface area contributed by atoms with Crippen molar-refractivity contribution in [3.63, 3.8) is 0 Å². The van der Waals surface area contributed by atoms with E-state index in [0.29, 0.717) is 0 Å². The SMILES string of the molecule is CC1=C(c2cn3cncc3s2)[C@H](C)[C@@H]2[C@@H]([C@@H](C)O)C(=O)N12. The number of rotatable bonds is 2. The molecule has 0 aromatic carbocycles. The Kier molecular flexibility index (Phi) is 2.59. The van der Waals surface area contributed by atoms with Gasteiger partial charge in [-0.3, -0.25) is 9.20 Å². The van der Waals surface area contributed by atoms with Gasteiger partial charge in [0.15, 0.2) is 0 Å². The van der Waals surface area contributed by atoms with Gasteiger partial charge in [0.05, 0.1) is 35.5 Å². The number of aliphatic hydroxyl groups excluding tert-OH is 1. The van der Waals surface area contributed by atoms with Crippen LogP contribution in [0.3, 0.4) is 0 Å². The summed E-state index contributed by atoms with van der Waals surface area (Å²) >= 11 is 1.69. The molecule has 0 radical (unpaired) electrons. The predicted molar refractivity (Wildman–Crippen MR) is 80.6 cm³/mol. The summed E-state index contributed by atoms with van der Waals surface area (Å²) in [6.07, 6.45) is 5.14. The predicted octanol–water partition coefficient (Wildman–Crippen LogP) is 1.98. The molecule has 1 N–H and O–H groups in total. The molecule has 1 amide bonds. The number of aromatic nitrogens is 2. The number of imidazole rings is 1. The van der Waals surface area contributed by atoms with Crippen LogP contribution in [0.5, 0.6) is 0 Å². The minimum absolute atomic E-state index is 0.0548. The second kappa shape index (κ2) is 4.18. The number of thiazole rings is 1. The zero-order chi connectivity index (χ0) is 14.9. The van der Waals surface area contributed by atoms with Crippen molar-refractivity contribution in [2.24, 2.45) is 11.8 Å².